The molecule has 2 rings (SSSR count). The monoisotopic (exact) mass is 391 g/mol. The first-order chi connectivity index (χ1) is 12.9. The van der Waals surface area contributed by atoms with Crippen LogP contribution in [0.2, 0.25) is 5.02 Å². The van der Waals surface area contributed by atoms with Crippen LogP contribution in [0.5, 0.6) is 17.2 Å². The van der Waals surface area contributed by atoms with E-state index < -0.39 is 0 Å². The fourth-order valence-electron chi connectivity index (χ4n) is 2.87. The summed E-state index contributed by atoms with van der Waals surface area (Å²) in [7, 11) is 3.18. The predicted octanol–water partition coefficient (Wildman–Crippen LogP) is 4.62. The normalized spacial score (nSPS) is 11.6. The van der Waals surface area contributed by atoms with E-state index in [0.717, 1.165) is 23.1 Å². The van der Waals surface area contributed by atoms with Gasteiger partial charge in [0.2, 0.25) is 0 Å². The second kappa shape index (κ2) is 9.51. The number of carbonyl (C=O) groups is 1. The maximum Gasteiger partial charge on any atom is 0.258 e. The van der Waals surface area contributed by atoms with Gasteiger partial charge in [0.25, 0.3) is 5.91 Å². The van der Waals surface area contributed by atoms with Crippen LogP contribution >= 0.6 is 11.6 Å². The van der Waals surface area contributed by atoms with Gasteiger partial charge in [-0.2, -0.15) is 0 Å². The van der Waals surface area contributed by atoms with E-state index in [0.29, 0.717) is 22.3 Å². The van der Waals surface area contributed by atoms with Crippen LogP contribution in [0.4, 0.5) is 0 Å². The molecule has 2 aromatic carbocycles. The summed E-state index contributed by atoms with van der Waals surface area (Å²) in [5.74, 6) is 1.72. The van der Waals surface area contributed by atoms with E-state index in [2.05, 4.69) is 5.32 Å². The Balaban J connectivity index is 2.03. The smallest absolute Gasteiger partial charge is 0.258 e. The Morgan fingerprint density at radius 3 is 2.26 bits per heavy atom. The Bertz CT molecular complexity index is 784. The minimum atomic E-state index is -0.193. The molecule has 0 bridgehead atoms. The van der Waals surface area contributed by atoms with Gasteiger partial charge in [0, 0.05) is 5.02 Å². The van der Waals surface area contributed by atoms with Crippen molar-refractivity contribution < 1.29 is 19.0 Å². The van der Waals surface area contributed by atoms with Gasteiger partial charge in [-0.15, -0.1) is 0 Å². The summed E-state index contributed by atoms with van der Waals surface area (Å²) in [6.07, 6.45) is 0.736. The number of aryl methyl sites for hydroxylation is 2. The molecule has 0 aromatic heterocycles. The summed E-state index contributed by atoms with van der Waals surface area (Å²) in [5.41, 5.74) is 2.79. The summed E-state index contributed by atoms with van der Waals surface area (Å²) >= 11 is 6.16. The van der Waals surface area contributed by atoms with Crippen molar-refractivity contribution in [3.63, 3.8) is 0 Å². The Morgan fingerprint density at radius 1 is 1.07 bits per heavy atom. The highest BCUT2D eigenvalue weighted by molar-refractivity contribution is 6.32. The van der Waals surface area contributed by atoms with Crippen molar-refractivity contribution in [2.45, 2.75) is 33.2 Å². The van der Waals surface area contributed by atoms with E-state index in [9.17, 15) is 4.79 Å². The van der Waals surface area contributed by atoms with Gasteiger partial charge in [-0.05, 0) is 61.2 Å². The van der Waals surface area contributed by atoms with Gasteiger partial charge < -0.3 is 19.5 Å². The number of nitrogens with one attached hydrogen (secondary N) is 1. The lowest BCUT2D eigenvalue weighted by Gasteiger charge is -2.19. The highest BCUT2D eigenvalue weighted by Crippen LogP contribution is 2.31. The van der Waals surface area contributed by atoms with Crippen molar-refractivity contribution in [1.82, 2.24) is 5.32 Å². The van der Waals surface area contributed by atoms with E-state index in [1.807, 2.05) is 51.1 Å². The zero-order valence-corrected chi connectivity index (χ0v) is 17.1. The van der Waals surface area contributed by atoms with Crippen molar-refractivity contribution in [1.29, 1.82) is 0 Å². The first kappa shape index (κ1) is 20.9. The fourth-order valence-corrected chi connectivity index (χ4v) is 2.97. The third kappa shape index (κ3) is 5.30. The molecule has 2 aromatic rings. The summed E-state index contributed by atoms with van der Waals surface area (Å²) in [6.45, 7) is 5.76. The van der Waals surface area contributed by atoms with Crippen molar-refractivity contribution in [2.75, 3.05) is 20.8 Å². The van der Waals surface area contributed by atoms with Crippen molar-refractivity contribution in [2.24, 2.45) is 0 Å². The maximum absolute atomic E-state index is 12.4. The van der Waals surface area contributed by atoms with E-state index in [1.54, 1.807) is 14.2 Å². The largest absolute Gasteiger partial charge is 0.493 e. The van der Waals surface area contributed by atoms with E-state index in [4.69, 9.17) is 25.8 Å². The molecule has 146 valence electrons. The van der Waals surface area contributed by atoms with Gasteiger partial charge in [-0.3, -0.25) is 4.79 Å². The maximum atomic E-state index is 12.4. The lowest BCUT2D eigenvalue weighted by Crippen LogP contribution is -2.32. The molecule has 0 unspecified atom stereocenters. The number of rotatable bonds is 8. The van der Waals surface area contributed by atoms with Crippen LogP contribution in [0.1, 0.15) is 36.1 Å². The molecule has 0 fully saturated rings. The van der Waals surface area contributed by atoms with E-state index >= 15 is 0 Å². The number of halogens is 1. The number of hydrogen-bond acceptors (Lipinski definition) is 4. The van der Waals surface area contributed by atoms with Crippen LogP contribution in [0.25, 0.3) is 0 Å². The van der Waals surface area contributed by atoms with Crippen molar-refractivity contribution in [3.05, 3.63) is 52.0 Å². The Labute approximate surface area is 165 Å². The quantitative estimate of drug-likeness (QED) is 0.713. The molecular formula is C21H26ClNO4. The number of amides is 1. The molecule has 0 heterocycles. The van der Waals surface area contributed by atoms with E-state index in [1.165, 1.54) is 0 Å². The molecule has 0 aliphatic rings. The number of ether oxygens (including phenoxy) is 3. The number of benzene rings is 2. The van der Waals surface area contributed by atoms with Gasteiger partial charge in [0.05, 0.1) is 20.3 Å². The Kier molecular flexibility index (Phi) is 7.36. The number of methoxy groups -OCH3 is 2. The summed E-state index contributed by atoms with van der Waals surface area (Å²) in [6, 6.07) is 9.14. The fraction of sp³-hybridized carbons (Fsp3) is 0.381. The molecule has 0 radical (unpaired) electrons. The highest BCUT2D eigenvalue weighted by Gasteiger charge is 2.16. The molecule has 27 heavy (non-hydrogen) atoms. The van der Waals surface area contributed by atoms with Crippen LogP contribution in [0, 0.1) is 13.8 Å². The van der Waals surface area contributed by atoms with Crippen LogP contribution in [0.15, 0.2) is 30.3 Å². The summed E-state index contributed by atoms with van der Waals surface area (Å²) < 4.78 is 16.2. The summed E-state index contributed by atoms with van der Waals surface area (Å²) in [5, 5.41) is 3.71. The second-order valence-electron chi connectivity index (χ2n) is 6.30. The lowest BCUT2D eigenvalue weighted by atomic mass is 10.0. The van der Waals surface area contributed by atoms with Gasteiger partial charge in [-0.25, -0.2) is 0 Å². The average Bonchev–Trinajstić information content (AvgIpc) is 2.67. The Hall–Kier alpha value is -2.40. The molecular weight excluding hydrogens is 366 g/mol. The van der Waals surface area contributed by atoms with E-state index in [-0.39, 0.29) is 18.6 Å². The molecule has 1 amide bonds. The predicted molar refractivity (Wildman–Crippen MR) is 107 cm³/mol. The Morgan fingerprint density at radius 2 is 1.70 bits per heavy atom. The second-order valence-corrected chi connectivity index (χ2v) is 6.68. The minimum Gasteiger partial charge on any atom is -0.493 e. The first-order valence-corrected chi connectivity index (χ1v) is 9.18. The number of carbonyl (C=O) groups excluding carboxylic acids is 1. The molecule has 0 aliphatic carbocycles. The SMILES string of the molecule is CC[C@@H](NC(=O)COc1cc(C)c(Cl)c(C)c1)c1ccc(OC)c(OC)c1. The van der Waals surface area contributed by atoms with Crippen LogP contribution in [0.3, 0.4) is 0 Å². The van der Waals surface area contributed by atoms with Gasteiger partial charge in [0.1, 0.15) is 5.75 Å². The molecule has 1 atom stereocenters. The standard InChI is InChI=1S/C21H26ClNO4/c1-6-17(15-7-8-18(25-4)19(11-15)26-5)23-20(24)12-27-16-9-13(2)21(22)14(3)10-16/h7-11,17H,6,12H2,1-5H3,(H,23,24)/t17-/m1/s1. The number of hydrogen-bond donors (Lipinski definition) is 1. The van der Waals surface area contributed by atoms with Gasteiger partial charge in [0.15, 0.2) is 18.1 Å². The van der Waals surface area contributed by atoms with Crippen molar-refractivity contribution in [3.8, 4) is 17.2 Å². The minimum absolute atomic E-state index is 0.0652. The van der Waals surface area contributed by atoms with Crippen molar-refractivity contribution >= 4 is 17.5 Å². The molecule has 0 aliphatic heterocycles. The zero-order chi connectivity index (χ0) is 20.0. The third-order valence-electron chi connectivity index (χ3n) is 4.33. The summed E-state index contributed by atoms with van der Waals surface area (Å²) in [4.78, 5) is 12.4. The molecule has 1 N–H and O–H groups in total. The zero-order valence-electron chi connectivity index (χ0n) is 16.4. The van der Waals surface area contributed by atoms with Crippen LogP contribution in [-0.4, -0.2) is 26.7 Å². The van der Waals surface area contributed by atoms with Gasteiger partial charge in [-0.1, -0.05) is 24.6 Å². The average molecular weight is 392 g/mol. The molecule has 0 saturated heterocycles. The molecule has 0 saturated carbocycles. The topological polar surface area (TPSA) is 56.8 Å². The van der Waals surface area contributed by atoms with Crippen LogP contribution in [-0.2, 0) is 4.79 Å². The molecule has 0 spiro atoms. The molecule has 5 nitrogen and oxygen atoms in total. The highest BCUT2D eigenvalue weighted by atomic mass is 35.5. The first-order valence-electron chi connectivity index (χ1n) is 8.80. The molecule has 6 heteroatoms. The van der Waals surface area contributed by atoms with Crippen LogP contribution < -0.4 is 19.5 Å². The lowest BCUT2D eigenvalue weighted by molar-refractivity contribution is -0.123. The third-order valence-corrected chi connectivity index (χ3v) is 4.93. The van der Waals surface area contributed by atoms with Gasteiger partial charge >= 0.3 is 0 Å².